The molecule has 2 aromatic heterocycles. The molecule has 208 valence electrons. The van der Waals surface area contributed by atoms with E-state index < -0.39 is 11.5 Å². The first kappa shape index (κ1) is 25.9. The normalized spacial score (nSPS) is 19.4. The van der Waals surface area contributed by atoms with Crippen molar-refractivity contribution >= 4 is 39.7 Å². The fraction of sp³-hybridized carbons (Fsp3) is 0.400. The topological polar surface area (TPSA) is 113 Å². The third-order valence-corrected chi connectivity index (χ3v) is 8.25. The number of para-hydroxylation sites is 2. The van der Waals surface area contributed by atoms with E-state index in [2.05, 4.69) is 15.3 Å². The molecule has 2 fully saturated rings. The van der Waals surface area contributed by atoms with E-state index in [1.54, 1.807) is 7.11 Å². The molecule has 2 aliphatic heterocycles. The molecule has 2 aliphatic rings. The zero-order valence-corrected chi connectivity index (χ0v) is 23.4. The predicted octanol–water partition coefficient (Wildman–Crippen LogP) is 3.33. The number of hydrogen-bond donors (Lipinski definition) is 2. The summed E-state index contributed by atoms with van der Waals surface area (Å²) in [6, 6.07) is 14.1. The molecule has 4 aromatic rings. The van der Waals surface area contributed by atoms with Crippen LogP contribution in [0.25, 0.3) is 21.9 Å². The smallest absolute Gasteiger partial charge is 0.290 e. The van der Waals surface area contributed by atoms with Gasteiger partial charge in [0, 0.05) is 31.0 Å². The van der Waals surface area contributed by atoms with Crippen LogP contribution >= 0.6 is 0 Å². The first-order chi connectivity index (χ1) is 19.0. The van der Waals surface area contributed by atoms with Crippen LogP contribution in [0, 0.1) is 5.41 Å². The number of amides is 3. The van der Waals surface area contributed by atoms with Crippen LogP contribution in [0.3, 0.4) is 0 Å². The first-order valence-corrected chi connectivity index (χ1v) is 13.6. The van der Waals surface area contributed by atoms with Crippen LogP contribution in [0.15, 0.2) is 48.5 Å². The number of benzene rings is 2. The number of likely N-dealkylation sites (tertiary alicyclic amines) is 2. The molecule has 40 heavy (non-hydrogen) atoms. The van der Waals surface area contributed by atoms with E-state index in [0.29, 0.717) is 36.8 Å². The summed E-state index contributed by atoms with van der Waals surface area (Å²) in [5.74, 6) is 0.453. The van der Waals surface area contributed by atoms with E-state index in [-0.39, 0.29) is 29.8 Å². The minimum absolute atomic E-state index is 0.0841. The second-order valence-corrected chi connectivity index (χ2v) is 11.9. The van der Waals surface area contributed by atoms with Crippen LogP contribution in [0.4, 0.5) is 0 Å². The standard InChI is InChI=1S/C30H34N6O4/c1-30(2,3)25(33-27(37)24-13-17-12-20(40-5)10-11-23(17)34(24)4)28(38)35-15-19-14-18(35)16-36(19)29(39)26-31-21-8-6-7-9-22(21)32-26/h6-13,18-19,25H,14-16H2,1-5H3,(H,31,32)(H,33,37)/t18-,19-,25+/m0/s1. The van der Waals surface area contributed by atoms with Gasteiger partial charge < -0.3 is 29.4 Å². The average molecular weight is 543 g/mol. The second kappa shape index (κ2) is 9.39. The van der Waals surface area contributed by atoms with Crippen LogP contribution in [-0.4, -0.2) is 80.4 Å². The van der Waals surface area contributed by atoms with Crippen molar-refractivity contribution in [3.05, 3.63) is 60.0 Å². The molecular weight excluding hydrogens is 508 g/mol. The molecule has 6 rings (SSSR count). The number of methoxy groups -OCH3 is 1. The molecule has 0 saturated carbocycles. The van der Waals surface area contributed by atoms with Gasteiger partial charge in [-0.2, -0.15) is 0 Å². The van der Waals surface area contributed by atoms with Crippen molar-refractivity contribution in [1.29, 1.82) is 0 Å². The number of piperazine rings is 1. The van der Waals surface area contributed by atoms with E-state index in [1.165, 1.54) is 0 Å². The Bertz CT molecular complexity index is 1610. The summed E-state index contributed by atoms with van der Waals surface area (Å²) >= 11 is 0. The van der Waals surface area contributed by atoms with Crippen molar-refractivity contribution in [2.45, 2.75) is 45.3 Å². The summed E-state index contributed by atoms with van der Waals surface area (Å²) < 4.78 is 7.15. The Hall–Kier alpha value is -4.34. The van der Waals surface area contributed by atoms with Gasteiger partial charge in [0.1, 0.15) is 17.5 Å². The van der Waals surface area contributed by atoms with Gasteiger partial charge in [0.2, 0.25) is 5.91 Å². The van der Waals surface area contributed by atoms with Gasteiger partial charge in [0.15, 0.2) is 5.82 Å². The molecule has 0 spiro atoms. The van der Waals surface area contributed by atoms with Gasteiger partial charge in [-0.05, 0) is 48.2 Å². The van der Waals surface area contributed by atoms with Crippen LogP contribution < -0.4 is 10.1 Å². The molecule has 2 aromatic carbocycles. The van der Waals surface area contributed by atoms with Gasteiger partial charge in [-0.3, -0.25) is 14.4 Å². The second-order valence-electron chi connectivity index (χ2n) is 11.9. The summed E-state index contributed by atoms with van der Waals surface area (Å²) in [6.45, 7) is 6.74. The Labute approximate surface area is 232 Å². The number of imidazole rings is 1. The molecular formula is C30H34N6O4. The van der Waals surface area contributed by atoms with Crippen LogP contribution in [0.2, 0.25) is 0 Å². The number of carbonyl (C=O) groups excluding carboxylic acids is 3. The van der Waals surface area contributed by atoms with Gasteiger partial charge in [-0.1, -0.05) is 32.9 Å². The SMILES string of the molecule is COc1ccc2c(c1)cc(C(=O)N[C@H](C(=O)N1C[C@@H]3C[C@H]1CN3C(=O)c1nc3ccccc3[nH]1)C(C)(C)C)n2C. The number of nitrogens with zero attached hydrogens (tertiary/aromatic N) is 4. The Morgan fingerprint density at radius 2 is 1.77 bits per heavy atom. The summed E-state index contributed by atoms with van der Waals surface area (Å²) in [7, 11) is 3.45. The molecule has 0 radical (unpaired) electrons. The number of aromatic amines is 1. The largest absolute Gasteiger partial charge is 0.497 e. The summed E-state index contributed by atoms with van der Waals surface area (Å²) in [5, 5.41) is 3.92. The number of rotatable bonds is 5. The van der Waals surface area contributed by atoms with Crippen molar-refractivity contribution in [2.24, 2.45) is 12.5 Å². The van der Waals surface area contributed by atoms with Crippen LogP contribution in [-0.2, 0) is 11.8 Å². The van der Waals surface area contributed by atoms with Gasteiger partial charge in [-0.25, -0.2) is 4.98 Å². The third-order valence-electron chi connectivity index (χ3n) is 8.25. The number of ether oxygens (including phenoxy) is 1. The van der Waals surface area contributed by atoms with Crippen molar-refractivity contribution in [2.75, 3.05) is 20.2 Å². The summed E-state index contributed by atoms with van der Waals surface area (Å²) in [4.78, 5) is 52.0. The van der Waals surface area contributed by atoms with Crippen molar-refractivity contribution in [3.63, 3.8) is 0 Å². The molecule has 2 saturated heterocycles. The lowest BCUT2D eigenvalue weighted by Gasteiger charge is -2.39. The van der Waals surface area contributed by atoms with E-state index in [4.69, 9.17) is 4.74 Å². The fourth-order valence-electron chi connectivity index (χ4n) is 6.07. The van der Waals surface area contributed by atoms with E-state index in [0.717, 1.165) is 21.9 Å². The van der Waals surface area contributed by atoms with Gasteiger partial charge in [-0.15, -0.1) is 0 Å². The molecule has 4 heterocycles. The first-order valence-electron chi connectivity index (χ1n) is 13.6. The maximum Gasteiger partial charge on any atom is 0.290 e. The van der Waals surface area contributed by atoms with Crippen molar-refractivity contribution in [3.8, 4) is 5.75 Å². The Morgan fingerprint density at radius 1 is 1.05 bits per heavy atom. The highest BCUT2D eigenvalue weighted by Gasteiger charge is 2.50. The summed E-state index contributed by atoms with van der Waals surface area (Å²) in [5.41, 5.74) is 2.42. The van der Waals surface area contributed by atoms with Crippen molar-refractivity contribution < 1.29 is 19.1 Å². The maximum atomic E-state index is 13.9. The number of hydrogen-bond acceptors (Lipinski definition) is 5. The Morgan fingerprint density at radius 3 is 2.45 bits per heavy atom. The van der Waals surface area contributed by atoms with E-state index >= 15 is 0 Å². The molecule has 3 atom stereocenters. The van der Waals surface area contributed by atoms with Gasteiger partial charge in [0.05, 0.1) is 30.2 Å². The number of aryl methyl sites for hydroxylation is 1. The molecule has 10 nitrogen and oxygen atoms in total. The minimum atomic E-state index is -0.730. The zero-order valence-electron chi connectivity index (χ0n) is 23.4. The quantitative estimate of drug-likeness (QED) is 0.402. The van der Waals surface area contributed by atoms with E-state index in [9.17, 15) is 14.4 Å². The zero-order chi connectivity index (χ0) is 28.3. The van der Waals surface area contributed by atoms with Crippen LogP contribution in [0.1, 0.15) is 48.3 Å². The lowest BCUT2D eigenvalue weighted by Crippen LogP contribution is -2.59. The van der Waals surface area contributed by atoms with Crippen LogP contribution in [0.5, 0.6) is 5.75 Å². The molecule has 2 N–H and O–H groups in total. The highest BCUT2D eigenvalue weighted by Crippen LogP contribution is 2.34. The molecule has 2 bridgehead atoms. The third kappa shape index (κ3) is 4.27. The Balaban J connectivity index is 1.18. The fourth-order valence-corrected chi connectivity index (χ4v) is 6.07. The number of H-pyrrole nitrogens is 1. The maximum absolute atomic E-state index is 13.9. The van der Waals surface area contributed by atoms with Crippen molar-refractivity contribution in [1.82, 2.24) is 29.7 Å². The van der Waals surface area contributed by atoms with Gasteiger partial charge in [0.25, 0.3) is 11.8 Å². The highest BCUT2D eigenvalue weighted by molar-refractivity contribution is 6.01. The molecule has 0 unspecified atom stereocenters. The monoisotopic (exact) mass is 542 g/mol. The lowest BCUT2D eigenvalue weighted by molar-refractivity contribution is -0.138. The summed E-state index contributed by atoms with van der Waals surface area (Å²) in [6.07, 6.45) is 0.716. The number of aromatic nitrogens is 3. The minimum Gasteiger partial charge on any atom is -0.497 e. The lowest BCUT2D eigenvalue weighted by atomic mass is 9.85. The van der Waals surface area contributed by atoms with E-state index in [1.807, 2.05) is 90.7 Å². The molecule has 0 aliphatic carbocycles. The number of nitrogens with one attached hydrogen (secondary N) is 2. The molecule has 10 heteroatoms. The predicted molar refractivity (Wildman–Crippen MR) is 151 cm³/mol. The molecule has 3 amide bonds. The number of fused-ring (bicyclic) bond motifs is 4. The Kier molecular flexibility index (Phi) is 6.08. The van der Waals surface area contributed by atoms with Gasteiger partial charge >= 0.3 is 0 Å². The highest BCUT2D eigenvalue weighted by atomic mass is 16.5. The number of carbonyl (C=O) groups is 3. The average Bonchev–Trinajstić information content (AvgIpc) is 3.71.